The van der Waals surface area contributed by atoms with Crippen LogP contribution in [0, 0.1) is 6.92 Å². The van der Waals surface area contributed by atoms with Crippen molar-refractivity contribution in [1.29, 1.82) is 0 Å². The third-order valence-electron chi connectivity index (χ3n) is 3.12. The molecular formula is C12H13BrN4. The van der Waals surface area contributed by atoms with Gasteiger partial charge in [0.1, 0.15) is 4.60 Å². The van der Waals surface area contributed by atoms with Crippen LogP contribution in [0.25, 0.3) is 16.8 Å². The maximum Gasteiger partial charge on any atom is 0.215 e. The van der Waals surface area contributed by atoms with Gasteiger partial charge in [0.25, 0.3) is 0 Å². The highest BCUT2D eigenvalue weighted by molar-refractivity contribution is 9.10. The van der Waals surface area contributed by atoms with Crippen molar-refractivity contribution in [2.75, 3.05) is 0 Å². The number of fused-ring (bicyclic) bond motifs is 3. The molecule has 88 valence electrons. The van der Waals surface area contributed by atoms with Crippen molar-refractivity contribution in [3.05, 3.63) is 34.1 Å². The highest BCUT2D eigenvalue weighted by atomic mass is 79.9. The predicted molar refractivity (Wildman–Crippen MR) is 72.0 cm³/mol. The molecule has 2 N–H and O–H groups in total. The molecule has 0 aliphatic heterocycles. The fourth-order valence-corrected chi connectivity index (χ4v) is 2.98. The predicted octanol–water partition coefficient (Wildman–Crippen LogP) is 2.36. The van der Waals surface area contributed by atoms with Crippen molar-refractivity contribution in [1.82, 2.24) is 14.0 Å². The van der Waals surface area contributed by atoms with Gasteiger partial charge in [-0.2, -0.15) is 0 Å². The Morgan fingerprint density at radius 1 is 1.41 bits per heavy atom. The number of nitrogens with two attached hydrogens (primary N) is 1. The van der Waals surface area contributed by atoms with Gasteiger partial charge in [-0.05, 0) is 40.5 Å². The van der Waals surface area contributed by atoms with E-state index in [9.17, 15) is 0 Å². The molecule has 0 amide bonds. The SMILES string of the molecule is Cc1ccc2c(c1)nc1n(C)c(CN)c(Br)n21. The second-order valence-electron chi connectivity index (χ2n) is 4.24. The molecule has 0 atom stereocenters. The Hall–Kier alpha value is -1.33. The molecular weight excluding hydrogens is 280 g/mol. The van der Waals surface area contributed by atoms with E-state index in [0.717, 1.165) is 27.1 Å². The van der Waals surface area contributed by atoms with Crippen LogP contribution < -0.4 is 5.73 Å². The molecule has 17 heavy (non-hydrogen) atoms. The van der Waals surface area contributed by atoms with Gasteiger partial charge in [-0.3, -0.25) is 4.40 Å². The smallest absolute Gasteiger partial charge is 0.215 e. The van der Waals surface area contributed by atoms with Gasteiger partial charge in [-0.25, -0.2) is 4.98 Å². The zero-order valence-corrected chi connectivity index (χ0v) is 11.3. The van der Waals surface area contributed by atoms with Gasteiger partial charge >= 0.3 is 0 Å². The van der Waals surface area contributed by atoms with Crippen molar-refractivity contribution in [2.24, 2.45) is 12.8 Å². The number of aromatic nitrogens is 3. The molecule has 0 unspecified atom stereocenters. The average Bonchev–Trinajstić information content (AvgIpc) is 2.76. The molecule has 2 heterocycles. The van der Waals surface area contributed by atoms with Gasteiger partial charge < -0.3 is 10.3 Å². The molecule has 0 radical (unpaired) electrons. The molecule has 0 saturated heterocycles. The Morgan fingerprint density at radius 2 is 2.18 bits per heavy atom. The molecule has 0 aliphatic carbocycles. The van der Waals surface area contributed by atoms with Gasteiger partial charge in [0, 0.05) is 13.6 Å². The molecule has 0 bridgehead atoms. The van der Waals surface area contributed by atoms with E-state index in [0.29, 0.717) is 6.54 Å². The molecule has 1 aromatic carbocycles. The van der Waals surface area contributed by atoms with E-state index in [1.807, 2.05) is 11.6 Å². The highest BCUT2D eigenvalue weighted by Gasteiger charge is 2.16. The van der Waals surface area contributed by atoms with Crippen LogP contribution in [0.4, 0.5) is 0 Å². The van der Waals surface area contributed by atoms with E-state index < -0.39 is 0 Å². The van der Waals surface area contributed by atoms with Gasteiger partial charge in [0.15, 0.2) is 0 Å². The Kier molecular flexibility index (Phi) is 2.27. The molecule has 0 fully saturated rings. The first-order valence-corrected chi connectivity index (χ1v) is 6.24. The van der Waals surface area contributed by atoms with Crippen LogP contribution in [0.5, 0.6) is 0 Å². The van der Waals surface area contributed by atoms with Crippen LogP contribution in [0.2, 0.25) is 0 Å². The van der Waals surface area contributed by atoms with Crippen LogP contribution in [0.1, 0.15) is 11.3 Å². The lowest BCUT2D eigenvalue weighted by molar-refractivity contribution is 0.836. The molecule has 3 rings (SSSR count). The molecule has 5 heteroatoms. The normalized spacial score (nSPS) is 11.8. The van der Waals surface area contributed by atoms with Crippen LogP contribution >= 0.6 is 15.9 Å². The summed E-state index contributed by atoms with van der Waals surface area (Å²) in [6, 6.07) is 6.28. The van der Waals surface area contributed by atoms with E-state index in [4.69, 9.17) is 5.73 Å². The molecule has 4 nitrogen and oxygen atoms in total. The minimum atomic E-state index is 0.494. The Morgan fingerprint density at radius 3 is 2.88 bits per heavy atom. The molecule has 0 saturated carbocycles. The summed E-state index contributed by atoms with van der Waals surface area (Å²) in [5.74, 6) is 0.915. The monoisotopic (exact) mass is 292 g/mol. The number of nitrogens with zero attached hydrogens (tertiary/aromatic N) is 3. The van der Waals surface area contributed by atoms with Crippen molar-refractivity contribution < 1.29 is 0 Å². The molecule has 3 aromatic rings. The molecule has 2 aromatic heterocycles. The van der Waals surface area contributed by atoms with Gasteiger partial charge in [0.2, 0.25) is 5.78 Å². The number of aryl methyl sites for hydroxylation is 2. The first-order chi connectivity index (χ1) is 8.13. The number of imidazole rings is 2. The minimum Gasteiger partial charge on any atom is -0.325 e. The Bertz CT molecular complexity index is 723. The van der Waals surface area contributed by atoms with E-state index in [1.165, 1.54) is 5.56 Å². The summed E-state index contributed by atoms with van der Waals surface area (Å²) in [7, 11) is 1.99. The van der Waals surface area contributed by atoms with Gasteiger partial charge in [-0.1, -0.05) is 6.07 Å². The van der Waals surface area contributed by atoms with E-state index in [1.54, 1.807) is 0 Å². The van der Waals surface area contributed by atoms with E-state index in [2.05, 4.69) is 50.4 Å². The second kappa shape index (κ2) is 3.58. The second-order valence-corrected chi connectivity index (χ2v) is 4.99. The van der Waals surface area contributed by atoms with Crippen molar-refractivity contribution in [3.63, 3.8) is 0 Å². The molecule has 0 spiro atoms. The number of halogens is 1. The summed E-state index contributed by atoms with van der Waals surface area (Å²) in [5.41, 5.74) is 10.1. The third kappa shape index (κ3) is 1.36. The van der Waals surface area contributed by atoms with Crippen molar-refractivity contribution in [2.45, 2.75) is 13.5 Å². The number of hydrogen-bond donors (Lipinski definition) is 1. The fraction of sp³-hybridized carbons (Fsp3) is 0.250. The van der Waals surface area contributed by atoms with Crippen LogP contribution in [-0.2, 0) is 13.6 Å². The summed E-state index contributed by atoms with van der Waals surface area (Å²) >= 11 is 3.60. The summed E-state index contributed by atoms with van der Waals surface area (Å²) in [6.07, 6.45) is 0. The number of rotatable bonds is 1. The third-order valence-corrected chi connectivity index (χ3v) is 3.94. The first-order valence-electron chi connectivity index (χ1n) is 5.45. The average molecular weight is 293 g/mol. The lowest BCUT2D eigenvalue weighted by Gasteiger charge is -1.99. The minimum absolute atomic E-state index is 0.494. The maximum absolute atomic E-state index is 5.75. The van der Waals surface area contributed by atoms with Gasteiger partial charge in [-0.15, -0.1) is 0 Å². The van der Waals surface area contributed by atoms with Crippen LogP contribution in [0.3, 0.4) is 0 Å². The zero-order chi connectivity index (χ0) is 12.2. The number of benzene rings is 1. The zero-order valence-electron chi connectivity index (χ0n) is 9.74. The van der Waals surface area contributed by atoms with Crippen molar-refractivity contribution in [3.8, 4) is 0 Å². The highest BCUT2D eigenvalue weighted by Crippen LogP contribution is 2.27. The molecule has 0 aliphatic rings. The number of hydrogen-bond acceptors (Lipinski definition) is 2. The quantitative estimate of drug-likeness (QED) is 0.748. The summed E-state index contributed by atoms with van der Waals surface area (Å²) < 4.78 is 5.11. The van der Waals surface area contributed by atoms with Crippen LogP contribution in [0.15, 0.2) is 22.8 Å². The Labute approximate surface area is 107 Å². The summed E-state index contributed by atoms with van der Waals surface area (Å²) in [6.45, 7) is 2.57. The Balaban J connectivity index is 2.52. The summed E-state index contributed by atoms with van der Waals surface area (Å²) in [5, 5.41) is 0. The van der Waals surface area contributed by atoms with Crippen LogP contribution in [-0.4, -0.2) is 14.0 Å². The van der Waals surface area contributed by atoms with E-state index in [-0.39, 0.29) is 0 Å². The lowest BCUT2D eigenvalue weighted by Crippen LogP contribution is -2.04. The fourth-order valence-electron chi connectivity index (χ4n) is 2.21. The maximum atomic E-state index is 5.75. The standard InChI is InChI=1S/C12H13BrN4/c1-7-3-4-9-8(5-7)15-12-16(2)10(6-14)11(13)17(9)12/h3-5H,6,14H2,1-2H3. The summed E-state index contributed by atoms with van der Waals surface area (Å²) in [4.78, 5) is 4.65. The van der Waals surface area contributed by atoms with Crippen molar-refractivity contribution >= 4 is 32.7 Å². The lowest BCUT2D eigenvalue weighted by atomic mass is 10.2. The topological polar surface area (TPSA) is 48.2 Å². The largest absolute Gasteiger partial charge is 0.325 e. The van der Waals surface area contributed by atoms with Gasteiger partial charge in [0.05, 0.1) is 16.7 Å². The van der Waals surface area contributed by atoms with E-state index >= 15 is 0 Å². The first kappa shape index (κ1) is 10.8.